The highest BCUT2D eigenvalue weighted by Crippen LogP contribution is 2.27. The minimum atomic E-state index is -0.580. The maximum atomic E-state index is 11.2. The molecule has 0 aliphatic heterocycles. The maximum absolute atomic E-state index is 11.2. The molecule has 1 heterocycles. The Kier molecular flexibility index (Phi) is 2.51. The van der Waals surface area contributed by atoms with Gasteiger partial charge in [0.05, 0.1) is 17.4 Å². The number of primary amides is 1. The van der Waals surface area contributed by atoms with Crippen LogP contribution in [0.15, 0.2) is 35.5 Å². The van der Waals surface area contributed by atoms with Crippen LogP contribution in [0.3, 0.4) is 0 Å². The Morgan fingerprint density at radius 1 is 1.38 bits per heavy atom. The Hall–Kier alpha value is -2.43. The van der Waals surface area contributed by atoms with Gasteiger partial charge in [-0.25, -0.2) is 4.79 Å². The SMILES string of the molecule is NC(=O)n1cc(N=CC=O)c2ccccc21. The van der Waals surface area contributed by atoms with E-state index >= 15 is 0 Å². The summed E-state index contributed by atoms with van der Waals surface area (Å²) in [6.07, 6.45) is 3.22. The molecule has 1 aromatic carbocycles. The van der Waals surface area contributed by atoms with Gasteiger partial charge in [-0.15, -0.1) is 0 Å². The second-order valence-corrected chi connectivity index (χ2v) is 3.15. The molecule has 0 fully saturated rings. The van der Waals surface area contributed by atoms with Gasteiger partial charge in [-0.1, -0.05) is 18.2 Å². The van der Waals surface area contributed by atoms with E-state index in [-0.39, 0.29) is 0 Å². The van der Waals surface area contributed by atoms with E-state index in [4.69, 9.17) is 5.73 Å². The fourth-order valence-electron chi connectivity index (χ4n) is 1.56. The topological polar surface area (TPSA) is 77.5 Å². The minimum absolute atomic E-state index is 0.543. The average Bonchev–Trinajstić information content (AvgIpc) is 2.65. The zero-order valence-corrected chi connectivity index (χ0v) is 8.33. The fraction of sp³-hybridized carbons (Fsp3) is 0. The molecule has 0 aliphatic carbocycles. The number of hydrogen-bond donors (Lipinski definition) is 1. The van der Waals surface area contributed by atoms with Crippen molar-refractivity contribution in [3.63, 3.8) is 0 Å². The second-order valence-electron chi connectivity index (χ2n) is 3.15. The molecule has 0 bridgehead atoms. The number of benzene rings is 1. The van der Waals surface area contributed by atoms with Crippen molar-refractivity contribution in [2.45, 2.75) is 0 Å². The van der Waals surface area contributed by atoms with E-state index in [2.05, 4.69) is 4.99 Å². The molecule has 1 amide bonds. The van der Waals surface area contributed by atoms with E-state index in [9.17, 15) is 9.59 Å². The van der Waals surface area contributed by atoms with Gasteiger partial charge in [-0.3, -0.25) is 14.4 Å². The number of aliphatic imine (C=N–C) groups is 1. The van der Waals surface area contributed by atoms with Crippen molar-refractivity contribution in [3.05, 3.63) is 30.5 Å². The molecular formula is C11H9N3O2. The molecule has 16 heavy (non-hydrogen) atoms. The Labute approximate surface area is 91.2 Å². The van der Waals surface area contributed by atoms with E-state index in [1.54, 1.807) is 12.1 Å². The van der Waals surface area contributed by atoms with Gasteiger partial charge in [0.15, 0.2) is 6.29 Å². The van der Waals surface area contributed by atoms with Gasteiger partial charge in [0.2, 0.25) is 0 Å². The smallest absolute Gasteiger partial charge is 0.323 e. The summed E-state index contributed by atoms with van der Waals surface area (Å²) >= 11 is 0. The normalized spacial score (nSPS) is 11.0. The molecule has 0 saturated carbocycles. The van der Waals surface area contributed by atoms with Gasteiger partial charge in [0, 0.05) is 11.6 Å². The number of fused-ring (bicyclic) bond motifs is 1. The Balaban J connectivity index is 2.71. The lowest BCUT2D eigenvalue weighted by atomic mass is 10.2. The first-order chi connectivity index (χ1) is 7.74. The van der Waals surface area contributed by atoms with E-state index in [1.165, 1.54) is 10.8 Å². The molecular weight excluding hydrogens is 206 g/mol. The van der Waals surface area contributed by atoms with E-state index in [0.717, 1.165) is 11.6 Å². The third kappa shape index (κ3) is 1.58. The number of aldehydes is 1. The van der Waals surface area contributed by atoms with Gasteiger partial charge >= 0.3 is 6.03 Å². The van der Waals surface area contributed by atoms with Crippen molar-refractivity contribution in [3.8, 4) is 0 Å². The highest BCUT2D eigenvalue weighted by Gasteiger charge is 2.09. The van der Waals surface area contributed by atoms with Crippen LogP contribution in [-0.4, -0.2) is 23.1 Å². The predicted molar refractivity (Wildman–Crippen MR) is 61.1 cm³/mol. The van der Waals surface area contributed by atoms with Crippen molar-refractivity contribution < 1.29 is 9.59 Å². The van der Waals surface area contributed by atoms with E-state index in [0.29, 0.717) is 17.5 Å². The van der Waals surface area contributed by atoms with Crippen LogP contribution in [0.5, 0.6) is 0 Å². The van der Waals surface area contributed by atoms with Gasteiger partial charge in [0.25, 0.3) is 0 Å². The standard InChI is InChI=1S/C11H9N3O2/c12-11(16)14-7-9(13-5-6-15)8-3-1-2-4-10(8)14/h1-7H,(H2,12,16). The Morgan fingerprint density at radius 2 is 2.12 bits per heavy atom. The van der Waals surface area contributed by atoms with Crippen LogP contribution < -0.4 is 5.73 Å². The van der Waals surface area contributed by atoms with Crippen molar-refractivity contribution in [2.24, 2.45) is 10.7 Å². The van der Waals surface area contributed by atoms with Crippen molar-refractivity contribution >= 4 is 35.1 Å². The van der Waals surface area contributed by atoms with Crippen LogP contribution in [0.2, 0.25) is 0 Å². The maximum Gasteiger partial charge on any atom is 0.323 e. The summed E-state index contributed by atoms with van der Waals surface area (Å²) in [5, 5.41) is 0.777. The van der Waals surface area contributed by atoms with Crippen LogP contribution in [0.25, 0.3) is 10.9 Å². The number of para-hydroxylation sites is 1. The van der Waals surface area contributed by atoms with Crippen molar-refractivity contribution in [1.29, 1.82) is 0 Å². The second kappa shape index (κ2) is 3.98. The summed E-state index contributed by atoms with van der Waals surface area (Å²) in [7, 11) is 0. The molecule has 0 unspecified atom stereocenters. The van der Waals surface area contributed by atoms with E-state index < -0.39 is 6.03 Å². The minimum Gasteiger partial charge on any atom is -0.351 e. The molecule has 0 radical (unpaired) electrons. The molecule has 5 nitrogen and oxygen atoms in total. The lowest BCUT2D eigenvalue weighted by molar-refractivity contribution is -0.102. The summed E-state index contributed by atoms with van der Waals surface area (Å²) in [6.45, 7) is 0. The lowest BCUT2D eigenvalue weighted by Gasteiger charge is -1.96. The lowest BCUT2D eigenvalue weighted by Crippen LogP contribution is -2.17. The van der Waals surface area contributed by atoms with Gasteiger partial charge in [-0.05, 0) is 6.07 Å². The monoisotopic (exact) mass is 215 g/mol. The zero-order valence-electron chi connectivity index (χ0n) is 8.33. The van der Waals surface area contributed by atoms with Crippen LogP contribution in [-0.2, 0) is 4.79 Å². The summed E-state index contributed by atoms with van der Waals surface area (Å²) in [5.41, 5.74) is 6.44. The van der Waals surface area contributed by atoms with Crippen molar-refractivity contribution in [1.82, 2.24) is 4.57 Å². The first-order valence-corrected chi connectivity index (χ1v) is 4.62. The van der Waals surface area contributed by atoms with Gasteiger partial charge in [-0.2, -0.15) is 0 Å². The number of nitrogens with two attached hydrogens (primary N) is 1. The summed E-state index contributed by atoms with van der Waals surface area (Å²) in [4.78, 5) is 25.3. The highest BCUT2D eigenvalue weighted by atomic mass is 16.2. The first kappa shape index (κ1) is 10.1. The molecule has 80 valence electrons. The molecule has 2 aromatic rings. The fourth-order valence-corrected chi connectivity index (χ4v) is 1.56. The summed E-state index contributed by atoms with van der Waals surface area (Å²) in [6, 6.07) is 6.62. The first-order valence-electron chi connectivity index (χ1n) is 4.62. The number of nitrogens with zero attached hydrogens (tertiary/aromatic N) is 2. The molecule has 2 rings (SSSR count). The number of carbonyl (C=O) groups excluding carboxylic acids is 2. The van der Waals surface area contributed by atoms with Crippen LogP contribution in [0.1, 0.15) is 0 Å². The quantitative estimate of drug-likeness (QED) is 0.608. The van der Waals surface area contributed by atoms with Crippen molar-refractivity contribution in [2.75, 3.05) is 0 Å². The molecule has 5 heteroatoms. The highest BCUT2D eigenvalue weighted by molar-refractivity contribution is 6.14. The number of hydrogen-bond acceptors (Lipinski definition) is 3. The number of amides is 1. The number of rotatable bonds is 2. The Morgan fingerprint density at radius 3 is 2.81 bits per heavy atom. The van der Waals surface area contributed by atoms with Gasteiger partial charge < -0.3 is 5.73 Å². The predicted octanol–water partition coefficient (Wildman–Crippen LogP) is 1.47. The van der Waals surface area contributed by atoms with Gasteiger partial charge in [0.1, 0.15) is 0 Å². The zero-order chi connectivity index (χ0) is 11.5. The molecule has 0 spiro atoms. The molecule has 0 aliphatic rings. The molecule has 0 atom stereocenters. The molecule has 2 N–H and O–H groups in total. The van der Waals surface area contributed by atoms with Crippen LogP contribution in [0, 0.1) is 0 Å². The van der Waals surface area contributed by atoms with E-state index in [1.807, 2.05) is 12.1 Å². The average molecular weight is 215 g/mol. The number of carbonyl (C=O) groups is 2. The largest absolute Gasteiger partial charge is 0.351 e. The van der Waals surface area contributed by atoms with Crippen LogP contribution in [0.4, 0.5) is 10.5 Å². The third-order valence-corrected chi connectivity index (χ3v) is 2.20. The molecule has 1 aromatic heterocycles. The summed E-state index contributed by atoms with van der Waals surface area (Å²) in [5.74, 6) is 0. The summed E-state index contributed by atoms with van der Waals surface area (Å²) < 4.78 is 1.30. The Bertz CT molecular complexity index is 584. The van der Waals surface area contributed by atoms with Crippen LogP contribution >= 0.6 is 0 Å². The number of aromatic nitrogens is 1. The third-order valence-electron chi connectivity index (χ3n) is 2.20. The molecule has 0 saturated heterocycles.